The Morgan fingerprint density at radius 3 is 2.58 bits per heavy atom. The van der Waals surface area contributed by atoms with Crippen molar-refractivity contribution in [1.29, 1.82) is 0 Å². The molecular weight excluding hydrogens is 355 g/mol. The van der Waals surface area contributed by atoms with Crippen LogP contribution in [0, 0.1) is 3.70 Å². The van der Waals surface area contributed by atoms with Crippen LogP contribution in [0.3, 0.4) is 0 Å². The van der Waals surface area contributed by atoms with Gasteiger partial charge in [0.05, 0.1) is 0 Å². The SMILES string of the molecule is CNC(O)CN1CCN(Cc2ccc(I)nc2)CC1. The maximum absolute atomic E-state index is 9.56. The Balaban J connectivity index is 1.75. The highest BCUT2D eigenvalue weighted by atomic mass is 127. The number of rotatable bonds is 5. The smallest absolute Gasteiger partial charge is 0.117 e. The van der Waals surface area contributed by atoms with Crippen LogP contribution in [0.2, 0.25) is 0 Å². The van der Waals surface area contributed by atoms with Crippen molar-refractivity contribution in [3.05, 3.63) is 27.6 Å². The molecule has 0 amide bonds. The fourth-order valence-corrected chi connectivity index (χ4v) is 2.54. The van der Waals surface area contributed by atoms with Crippen LogP contribution in [-0.2, 0) is 6.54 Å². The van der Waals surface area contributed by atoms with E-state index in [9.17, 15) is 5.11 Å². The third-order valence-electron chi connectivity index (χ3n) is 3.42. The second kappa shape index (κ2) is 7.49. The van der Waals surface area contributed by atoms with Crippen molar-refractivity contribution in [2.75, 3.05) is 39.8 Å². The van der Waals surface area contributed by atoms with E-state index in [-0.39, 0.29) is 0 Å². The Labute approximate surface area is 128 Å². The molecule has 0 radical (unpaired) electrons. The second-order valence-electron chi connectivity index (χ2n) is 4.87. The van der Waals surface area contributed by atoms with Gasteiger partial charge in [-0.05, 0) is 41.3 Å². The number of β-amino-alcohol motifs (C(OH)–C–C–N with tert-alkyl or cyclic N) is 1. The zero-order chi connectivity index (χ0) is 13.7. The zero-order valence-electron chi connectivity index (χ0n) is 11.2. The van der Waals surface area contributed by atoms with Gasteiger partial charge in [0.1, 0.15) is 9.93 Å². The van der Waals surface area contributed by atoms with Crippen molar-refractivity contribution >= 4 is 22.6 Å². The molecule has 106 valence electrons. The van der Waals surface area contributed by atoms with Crippen LogP contribution in [-0.4, -0.2) is 65.9 Å². The van der Waals surface area contributed by atoms with Gasteiger partial charge in [-0.1, -0.05) is 6.07 Å². The Hall–Kier alpha value is -0.280. The maximum Gasteiger partial charge on any atom is 0.117 e. The molecule has 1 aromatic rings. The fraction of sp³-hybridized carbons (Fsp3) is 0.615. The van der Waals surface area contributed by atoms with Crippen LogP contribution in [0.4, 0.5) is 0 Å². The quantitative estimate of drug-likeness (QED) is 0.441. The largest absolute Gasteiger partial charge is 0.377 e. The molecule has 0 bridgehead atoms. The number of aliphatic hydroxyl groups is 1. The molecule has 1 aliphatic heterocycles. The van der Waals surface area contributed by atoms with Crippen LogP contribution in [0.15, 0.2) is 18.3 Å². The summed E-state index contributed by atoms with van der Waals surface area (Å²) in [7, 11) is 1.78. The summed E-state index contributed by atoms with van der Waals surface area (Å²) in [6.07, 6.45) is 1.53. The molecule has 1 aromatic heterocycles. The molecule has 2 N–H and O–H groups in total. The summed E-state index contributed by atoms with van der Waals surface area (Å²) in [5.41, 5.74) is 1.27. The van der Waals surface area contributed by atoms with Gasteiger partial charge in [-0.3, -0.25) is 20.1 Å². The van der Waals surface area contributed by atoms with Gasteiger partial charge in [0.15, 0.2) is 0 Å². The van der Waals surface area contributed by atoms with Gasteiger partial charge in [0.2, 0.25) is 0 Å². The van der Waals surface area contributed by atoms with E-state index >= 15 is 0 Å². The number of pyridine rings is 1. The van der Waals surface area contributed by atoms with Gasteiger partial charge < -0.3 is 5.11 Å². The number of piperazine rings is 1. The molecule has 0 saturated carbocycles. The van der Waals surface area contributed by atoms with Crippen molar-refractivity contribution in [2.45, 2.75) is 12.8 Å². The Bertz CT molecular complexity index is 379. The van der Waals surface area contributed by atoms with Gasteiger partial charge in [-0.25, -0.2) is 0 Å². The van der Waals surface area contributed by atoms with Gasteiger partial charge in [0, 0.05) is 45.5 Å². The summed E-state index contributed by atoms with van der Waals surface area (Å²) in [5, 5.41) is 12.4. The molecule has 6 heteroatoms. The third-order valence-corrected chi connectivity index (χ3v) is 4.06. The molecule has 0 spiro atoms. The van der Waals surface area contributed by atoms with E-state index in [4.69, 9.17) is 0 Å². The minimum Gasteiger partial charge on any atom is -0.377 e. The topological polar surface area (TPSA) is 51.6 Å². The van der Waals surface area contributed by atoms with Gasteiger partial charge in [0.25, 0.3) is 0 Å². The minimum absolute atomic E-state index is 0.424. The molecule has 1 atom stereocenters. The first kappa shape index (κ1) is 15.1. The van der Waals surface area contributed by atoms with E-state index in [1.807, 2.05) is 6.20 Å². The minimum atomic E-state index is -0.424. The molecular formula is C13H21IN4O. The standard InChI is InChI=1S/C13H21IN4O/c1-15-13(19)10-18-6-4-17(5-7-18)9-11-2-3-12(14)16-8-11/h2-3,8,13,15,19H,4-7,9-10H2,1H3. The van der Waals surface area contributed by atoms with Crippen molar-refractivity contribution in [2.24, 2.45) is 0 Å². The van der Waals surface area contributed by atoms with E-state index in [0.717, 1.165) is 36.4 Å². The molecule has 1 unspecified atom stereocenters. The first-order valence-corrected chi connectivity index (χ1v) is 7.65. The average molecular weight is 376 g/mol. The first-order chi connectivity index (χ1) is 9.17. The maximum atomic E-state index is 9.56. The molecule has 0 aromatic carbocycles. The van der Waals surface area contributed by atoms with Crippen LogP contribution >= 0.6 is 22.6 Å². The third kappa shape index (κ3) is 4.96. The normalized spacial score (nSPS) is 19.5. The number of halogens is 1. The van der Waals surface area contributed by atoms with E-state index in [1.165, 1.54) is 5.56 Å². The number of likely N-dealkylation sites (N-methyl/N-ethyl adjacent to an activating group) is 1. The summed E-state index contributed by atoms with van der Waals surface area (Å²) in [4.78, 5) is 9.05. The summed E-state index contributed by atoms with van der Waals surface area (Å²) in [5.74, 6) is 0. The van der Waals surface area contributed by atoms with Gasteiger partial charge >= 0.3 is 0 Å². The molecule has 0 aliphatic carbocycles. The molecule has 19 heavy (non-hydrogen) atoms. The van der Waals surface area contributed by atoms with E-state index < -0.39 is 6.23 Å². The van der Waals surface area contributed by atoms with Crippen LogP contribution in [0.25, 0.3) is 0 Å². The molecule has 1 fully saturated rings. The van der Waals surface area contributed by atoms with E-state index in [1.54, 1.807) is 7.05 Å². The van der Waals surface area contributed by atoms with Crippen LogP contribution < -0.4 is 5.32 Å². The Morgan fingerprint density at radius 2 is 2.00 bits per heavy atom. The lowest BCUT2D eigenvalue weighted by molar-refractivity contribution is 0.0580. The summed E-state index contributed by atoms with van der Waals surface area (Å²) < 4.78 is 1.03. The molecule has 2 rings (SSSR count). The van der Waals surface area contributed by atoms with Crippen molar-refractivity contribution in [3.8, 4) is 0 Å². The first-order valence-electron chi connectivity index (χ1n) is 6.58. The zero-order valence-corrected chi connectivity index (χ0v) is 13.4. The fourth-order valence-electron chi connectivity index (χ4n) is 2.22. The van der Waals surface area contributed by atoms with Gasteiger partial charge in [-0.2, -0.15) is 0 Å². The summed E-state index contributed by atoms with van der Waals surface area (Å²) in [6.45, 7) is 5.78. The Morgan fingerprint density at radius 1 is 1.32 bits per heavy atom. The highest BCUT2D eigenvalue weighted by Crippen LogP contribution is 2.09. The lowest BCUT2D eigenvalue weighted by Gasteiger charge is -2.35. The highest BCUT2D eigenvalue weighted by molar-refractivity contribution is 14.1. The number of hydrogen-bond acceptors (Lipinski definition) is 5. The second-order valence-corrected chi connectivity index (χ2v) is 5.98. The number of nitrogens with zero attached hydrogens (tertiary/aromatic N) is 3. The van der Waals surface area contributed by atoms with Crippen molar-refractivity contribution in [1.82, 2.24) is 20.1 Å². The van der Waals surface area contributed by atoms with Gasteiger partial charge in [-0.15, -0.1) is 0 Å². The van der Waals surface area contributed by atoms with Crippen molar-refractivity contribution < 1.29 is 5.11 Å². The number of aliphatic hydroxyl groups excluding tert-OH is 1. The number of aromatic nitrogens is 1. The van der Waals surface area contributed by atoms with Crippen LogP contribution in [0.5, 0.6) is 0 Å². The molecule has 1 saturated heterocycles. The lowest BCUT2D eigenvalue weighted by Crippen LogP contribution is -2.49. The predicted molar refractivity (Wildman–Crippen MR) is 83.7 cm³/mol. The summed E-state index contributed by atoms with van der Waals surface area (Å²) in [6, 6.07) is 4.20. The molecule has 2 heterocycles. The number of nitrogens with one attached hydrogen (secondary N) is 1. The average Bonchev–Trinajstić information content (AvgIpc) is 2.43. The summed E-state index contributed by atoms with van der Waals surface area (Å²) >= 11 is 2.22. The van der Waals surface area contributed by atoms with Crippen LogP contribution in [0.1, 0.15) is 5.56 Å². The lowest BCUT2D eigenvalue weighted by atomic mass is 10.2. The number of hydrogen-bond donors (Lipinski definition) is 2. The molecule has 5 nitrogen and oxygen atoms in total. The van der Waals surface area contributed by atoms with E-state index in [2.05, 4.69) is 54.8 Å². The monoisotopic (exact) mass is 376 g/mol. The predicted octanol–water partition coefficient (Wildman–Crippen LogP) is 0.342. The molecule has 1 aliphatic rings. The highest BCUT2D eigenvalue weighted by Gasteiger charge is 2.18. The van der Waals surface area contributed by atoms with E-state index in [0.29, 0.717) is 6.54 Å². The van der Waals surface area contributed by atoms with Crippen molar-refractivity contribution in [3.63, 3.8) is 0 Å². The Kier molecular flexibility index (Phi) is 5.96.